The summed E-state index contributed by atoms with van der Waals surface area (Å²) in [7, 11) is -3.60. The number of nitrogens with one attached hydrogen (secondary N) is 1. The van der Waals surface area contributed by atoms with Gasteiger partial charge in [-0.3, -0.25) is 4.84 Å². The fraction of sp³-hybridized carbons (Fsp3) is 0.400. The van der Waals surface area contributed by atoms with Crippen molar-refractivity contribution >= 4 is 33.0 Å². The van der Waals surface area contributed by atoms with Gasteiger partial charge in [-0.2, -0.15) is 0 Å². The summed E-state index contributed by atoms with van der Waals surface area (Å²) in [6.07, 6.45) is 1.17. The van der Waals surface area contributed by atoms with Crippen molar-refractivity contribution in [3.05, 3.63) is 10.7 Å². The lowest BCUT2D eigenvalue weighted by Crippen LogP contribution is -2.23. The van der Waals surface area contributed by atoms with Crippen molar-refractivity contribution in [1.29, 1.82) is 0 Å². The zero-order valence-corrected chi connectivity index (χ0v) is 9.04. The van der Waals surface area contributed by atoms with E-state index in [9.17, 15) is 8.42 Å². The molecule has 0 aliphatic heterocycles. The first kappa shape index (κ1) is 10.9. The lowest BCUT2D eigenvalue weighted by atomic mass is 10.9. The number of thiazole rings is 1. The average Bonchev–Trinajstić information content (AvgIpc) is 2.49. The van der Waals surface area contributed by atoms with Crippen molar-refractivity contribution < 1.29 is 13.3 Å². The highest BCUT2D eigenvalue weighted by atomic mass is 35.5. The van der Waals surface area contributed by atoms with Gasteiger partial charge in [0.05, 0.1) is 12.8 Å². The third-order valence-electron chi connectivity index (χ3n) is 1.03. The fourth-order valence-electron chi connectivity index (χ4n) is 0.541. The number of aromatic nitrogens is 1. The summed E-state index contributed by atoms with van der Waals surface area (Å²) in [6.45, 7) is 1.92. The molecule has 0 unspecified atom stereocenters. The van der Waals surface area contributed by atoms with E-state index in [1.807, 2.05) is 4.89 Å². The van der Waals surface area contributed by atoms with E-state index in [0.717, 1.165) is 11.3 Å². The van der Waals surface area contributed by atoms with Crippen LogP contribution >= 0.6 is 22.9 Å². The molecule has 1 N–H and O–H groups in total. The second-order valence-electron chi connectivity index (χ2n) is 1.95. The Labute approximate surface area is 84.7 Å². The topological polar surface area (TPSA) is 68.3 Å². The normalized spacial score (nSPS) is 11.8. The minimum atomic E-state index is -3.60. The standard InChI is InChI=1S/C5H7ClN2O3S2/c1-2-11-8-13(9,10)4-3-7-5(6)12-4/h3,8H,2H2,1H3. The first-order valence-electron chi connectivity index (χ1n) is 3.31. The van der Waals surface area contributed by atoms with E-state index in [0.29, 0.717) is 0 Å². The molecule has 0 aromatic carbocycles. The van der Waals surface area contributed by atoms with Gasteiger partial charge in [0.2, 0.25) is 0 Å². The molecule has 1 aromatic heterocycles. The molecule has 0 amide bonds. The number of nitrogens with zero attached hydrogens (tertiary/aromatic N) is 1. The Morgan fingerprint density at radius 1 is 1.77 bits per heavy atom. The second kappa shape index (κ2) is 4.34. The Balaban J connectivity index is 2.82. The summed E-state index contributed by atoms with van der Waals surface area (Å²) in [6, 6.07) is 0. The number of hydrogen-bond acceptors (Lipinski definition) is 5. The quantitative estimate of drug-likeness (QED) is 0.801. The van der Waals surface area contributed by atoms with Crippen LogP contribution in [0, 0.1) is 0 Å². The lowest BCUT2D eigenvalue weighted by molar-refractivity contribution is 0.105. The third-order valence-corrected chi connectivity index (χ3v) is 3.82. The van der Waals surface area contributed by atoms with E-state index in [1.165, 1.54) is 6.20 Å². The molecule has 0 saturated heterocycles. The number of sulfonamides is 1. The van der Waals surface area contributed by atoms with Crippen LogP contribution in [-0.2, 0) is 14.9 Å². The summed E-state index contributed by atoms with van der Waals surface area (Å²) < 4.78 is 22.8. The van der Waals surface area contributed by atoms with Crippen LogP contribution in [0.4, 0.5) is 0 Å². The molecular weight excluding hydrogens is 236 g/mol. The zero-order chi connectivity index (χ0) is 9.90. The van der Waals surface area contributed by atoms with Gasteiger partial charge in [-0.25, -0.2) is 13.4 Å². The molecule has 0 saturated carbocycles. The first-order valence-corrected chi connectivity index (χ1v) is 5.99. The Kier molecular flexibility index (Phi) is 3.63. The molecule has 13 heavy (non-hydrogen) atoms. The van der Waals surface area contributed by atoms with E-state index < -0.39 is 10.0 Å². The maximum Gasteiger partial charge on any atom is 0.273 e. The highest BCUT2D eigenvalue weighted by molar-refractivity contribution is 7.91. The van der Waals surface area contributed by atoms with Crippen LogP contribution in [0.1, 0.15) is 6.92 Å². The summed E-state index contributed by atoms with van der Waals surface area (Å²) in [5.74, 6) is 0. The predicted octanol–water partition coefficient (Wildman–Crippen LogP) is 1.03. The second-order valence-corrected chi connectivity index (χ2v) is 5.44. The van der Waals surface area contributed by atoms with Gasteiger partial charge in [-0.1, -0.05) is 27.8 Å². The summed E-state index contributed by atoms with van der Waals surface area (Å²) in [4.78, 5) is 10.1. The Morgan fingerprint density at radius 3 is 2.92 bits per heavy atom. The highest BCUT2D eigenvalue weighted by Crippen LogP contribution is 2.21. The Hall–Kier alpha value is -0.210. The van der Waals surface area contributed by atoms with Crippen molar-refractivity contribution in [2.24, 2.45) is 0 Å². The van der Waals surface area contributed by atoms with Crippen molar-refractivity contribution in [1.82, 2.24) is 9.87 Å². The molecule has 1 heterocycles. The monoisotopic (exact) mass is 242 g/mol. The minimum Gasteiger partial charge on any atom is -0.287 e. The van der Waals surface area contributed by atoms with Crippen LogP contribution in [0.3, 0.4) is 0 Å². The molecular formula is C5H7ClN2O3S2. The third kappa shape index (κ3) is 2.89. The lowest BCUT2D eigenvalue weighted by Gasteiger charge is -2.01. The molecule has 0 fully saturated rings. The molecule has 0 spiro atoms. The predicted molar refractivity (Wildman–Crippen MR) is 49.1 cm³/mol. The van der Waals surface area contributed by atoms with Gasteiger partial charge in [0.1, 0.15) is 0 Å². The van der Waals surface area contributed by atoms with E-state index in [1.54, 1.807) is 6.92 Å². The van der Waals surface area contributed by atoms with E-state index >= 15 is 0 Å². The van der Waals surface area contributed by atoms with Crippen molar-refractivity contribution in [3.8, 4) is 0 Å². The molecule has 0 radical (unpaired) electrons. The number of hydrogen-bond donors (Lipinski definition) is 1. The molecule has 0 aliphatic rings. The van der Waals surface area contributed by atoms with Gasteiger partial charge in [-0.05, 0) is 6.92 Å². The van der Waals surface area contributed by atoms with E-state index in [2.05, 4.69) is 9.82 Å². The van der Waals surface area contributed by atoms with Gasteiger partial charge in [0.25, 0.3) is 10.0 Å². The Bertz CT molecular complexity index is 375. The van der Waals surface area contributed by atoms with Gasteiger partial charge in [0.15, 0.2) is 8.68 Å². The average molecular weight is 243 g/mol. The highest BCUT2D eigenvalue weighted by Gasteiger charge is 2.17. The van der Waals surface area contributed by atoms with Gasteiger partial charge in [-0.15, -0.1) is 0 Å². The molecule has 1 rings (SSSR count). The molecule has 0 aliphatic carbocycles. The maximum absolute atomic E-state index is 11.3. The fourth-order valence-corrected chi connectivity index (χ4v) is 2.68. The van der Waals surface area contributed by atoms with Crippen LogP contribution in [-0.4, -0.2) is 20.0 Å². The smallest absolute Gasteiger partial charge is 0.273 e. The summed E-state index contributed by atoms with van der Waals surface area (Å²) in [5, 5.41) is 0. The molecule has 1 aromatic rings. The van der Waals surface area contributed by atoms with Crippen LogP contribution < -0.4 is 4.89 Å². The number of halogens is 1. The summed E-state index contributed by atoms with van der Waals surface area (Å²) >= 11 is 6.34. The van der Waals surface area contributed by atoms with Gasteiger partial charge >= 0.3 is 0 Å². The van der Waals surface area contributed by atoms with E-state index in [-0.39, 0.29) is 15.3 Å². The van der Waals surface area contributed by atoms with Crippen LogP contribution in [0.2, 0.25) is 4.47 Å². The van der Waals surface area contributed by atoms with Crippen molar-refractivity contribution in [2.45, 2.75) is 11.1 Å². The van der Waals surface area contributed by atoms with Crippen LogP contribution in [0.25, 0.3) is 0 Å². The largest absolute Gasteiger partial charge is 0.287 e. The molecule has 8 heteroatoms. The number of rotatable bonds is 4. The molecule has 0 atom stereocenters. The van der Waals surface area contributed by atoms with Crippen LogP contribution in [0.5, 0.6) is 0 Å². The minimum absolute atomic E-state index is 0.0333. The van der Waals surface area contributed by atoms with Crippen LogP contribution in [0.15, 0.2) is 10.4 Å². The maximum atomic E-state index is 11.3. The van der Waals surface area contributed by atoms with Crippen molar-refractivity contribution in [2.75, 3.05) is 6.61 Å². The van der Waals surface area contributed by atoms with Crippen molar-refractivity contribution in [3.63, 3.8) is 0 Å². The molecule has 74 valence electrons. The Morgan fingerprint density at radius 2 is 2.46 bits per heavy atom. The van der Waals surface area contributed by atoms with E-state index in [4.69, 9.17) is 11.6 Å². The zero-order valence-electron chi connectivity index (χ0n) is 6.65. The van der Waals surface area contributed by atoms with Gasteiger partial charge in [0, 0.05) is 0 Å². The van der Waals surface area contributed by atoms with Gasteiger partial charge < -0.3 is 0 Å². The first-order chi connectivity index (χ1) is 6.06. The molecule has 0 bridgehead atoms. The summed E-state index contributed by atoms with van der Waals surface area (Å²) in [5.41, 5.74) is 0. The SMILES string of the molecule is CCONS(=O)(=O)c1cnc(Cl)s1. The molecule has 5 nitrogen and oxygen atoms in total.